The number of rotatable bonds is 10. The lowest BCUT2D eigenvalue weighted by Crippen LogP contribution is -2.35. The van der Waals surface area contributed by atoms with Gasteiger partial charge in [0.05, 0.1) is 11.3 Å². The zero-order chi connectivity index (χ0) is 19.5. The highest BCUT2D eigenvalue weighted by molar-refractivity contribution is 8.00. The number of aromatic nitrogens is 1. The third kappa shape index (κ3) is 7.86. The summed E-state index contributed by atoms with van der Waals surface area (Å²) in [7, 11) is 0. The van der Waals surface area contributed by atoms with Crippen LogP contribution in [0.4, 0.5) is 0 Å². The number of hydrogen-bond donors (Lipinski definition) is 2. The van der Waals surface area contributed by atoms with E-state index >= 15 is 0 Å². The highest BCUT2D eigenvalue weighted by Crippen LogP contribution is 2.20. The Hall–Kier alpha value is -2.09. The second kappa shape index (κ2) is 11.5. The van der Waals surface area contributed by atoms with E-state index in [0.29, 0.717) is 5.03 Å². The van der Waals surface area contributed by atoms with Gasteiger partial charge in [0, 0.05) is 18.3 Å². The monoisotopic (exact) mass is 381 g/mol. The molecule has 0 unspecified atom stereocenters. The van der Waals surface area contributed by atoms with Crippen molar-refractivity contribution in [2.75, 3.05) is 12.4 Å². The van der Waals surface area contributed by atoms with Gasteiger partial charge in [0.25, 0.3) is 5.91 Å². The van der Waals surface area contributed by atoms with Gasteiger partial charge in [-0.1, -0.05) is 25.6 Å². The smallest absolute Gasteiger partial charge is 0.341 e. The Bertz CT molecular complexity index is 624. The minimum Gasteiger partial charge on any atom is -0.452 e. The quantitative estimate of drug-likeness (QED) is 0.476. The van der Waals surface area contributed by atoms with Gasteiger partial charge in [-0.05, 0) is 38.8 Å². The van der Waals surface area contributed by atoms with E-state index in [2.05, 4.69) is 15.6 Å². The van der Waals surface area contributed by atoms with Gasteiger partial charge >= 0.3 is 5.97 Å². The van der Waals surface area contributed by atoms with Crippen LogP contribution in [0.2, 0.25) is 0 Å². The fraction of sp³-hybridized carbons (Fsp3) is 0.556. The van der Waals surface area contributed by atoms with Crippen molar-refractivity contribution < 1.29 is 19.1 Å². The van der Waals surface area contributed by atoms with Crippen LogP contribution in [0.5, 0.6) is 0 Å². The van der Waals surface area contributed by atoms with Crippen LogP contribution in [0.3, 0.4) is 0 Å². The summed E-state index contributed by atoms with van der Waals surface area (Å²) in [6.45, 7) is 7.39. The molecule has 7 nitrogen and oxygen atoms in total. The van der Waals surface area contributed by atoms with Crippen molar-refractivity contribution in [1.82, 2.24) is 15.6 Å². The van der Waals surface area contributed by atoms with E-state index in [1.165, 1.54) is 0 Å². The number of hydrogen-bond acceptors (Lipinski definition) is 6. The summed E-state index contributed by atoms with van der Waals surface area (Å²) in [6, 6.07) is 3.30. The van der Waals surface area contributed by atoms with E-state index in [0.717, 1.165) is 24.6 Å². The van der Waals surface area contributed by atoms with E-state index in [-0.39, 0.29) is 41.8 Å². The van der Waals surface area contributed by atoms with Gasteiger partial charge in [-0.25, -0.2) is 9.78 Å². The Morgan fingerprint density at radius 3 is 2.35 bits per heavy atom. The molecule has 0 aliphatic rings. The van der Waals surface area contributed by atoms with Gasteiger partial charge in [0.15, 0.2) is 6.61 Å². The summed E-state index contributed by atoms with van der Waals surface area (Å²) < 4.78 is 5.06. The minimum atomic E-state index is -0.637. The fourth-order valence-electron chi connectivity index (χ4n) is 1.84. The van der Waals surface area contributed by atoms with Crippen LogP contribution >= 0.6 is 11.8 Å². The summed E-state index contributed by atoms with van der Waals surface area (Å²) >= 11 is 1.16. The molecule has 0 bridgehead atoms. The van der Waals surface area contributed by atoms with Crippen molar-refractivity contribution in [3.05, 3.63) is 23.9 Å². The molecule has 2 atom stereocenters. The zero-order valence-electron chi connectivity index (χ0n) is 15.7. The summed E-state index contributed by atoms with van der Waals surface area (Å²) in [5.41, 5.74) is 0.241. The molecule has 144 valence electrons. The summed E-state index contributed by atoms with van der Waals surface area (Å²) in [4.78, 5) is 40.0. The van der Waals surface area contributed by atoms with Crippen LogP contribution in [0.15, 0.2) is 23.4 Å². The molecule has 0 saturated heterocycles. The first kappa shape index (κ1) is 22.0. The molecule has 2 N–H and O–H groups in total. The average molecular weight is 381 g/mol. The molecule has 0 spiro atoms. The lowest BCUT2D eigenvalue weighted by atomic mass is 10.2. The molecule has 0 aliphatic carbocycles. The molecule has 2 amide bonds. The van der Waals surface area contributed by atoms with Gasteiger partial charge in [-0.3, -0.25) is 9.59 Å². The molecular weight excluding hydrogens is 354 g/mol. The van der Waals surface area contributed by atoms with Crippen molar-refractivity contribution in [3.63, 3.8) is 0 Å². The maximum absolute atomic E-state index is 12.2. The predicted molar refractivity (Wildman–Crippen MR) is 101 cm³/mol. The lowest BCUT2D eigenvalue weighted by Gasteiger charge is -2.13. The molecule has 1 aromatic rings. The standard InChI is InChI=1S/C18H27N3O4S/c1-5-12(3)20-15(22)10-25-18(24)14-8-7-9-19-17(14)26-11-16(23)21-13(4)6-2/h7-9,12-13H,5-6,10-11H2,1-4H3,(H,20,22)(H,21,23)/t12-,13-/m0/s1. The minimum absolute atomic E-state index is 0.0229. The second-order valence-electron chi connectivity index (χ2n) is 5.97. The van der Waals surface area contributed by atoms with Crippen LogP contribution in [-0.4, -0.2) is 47.2 Å². The molecule has 1 rings (SSSR count). The molecule has 0 saturated carbocycles. The van der Waals surface area contributed by atoms with Crippen LogP contribution in [0.1, 0.15) is 50.9 Å². The van der Waals surface area contributed by atoms with Gasteiger partial charge in [0.1, 0.15) is 5.03 Å². The maximum Gasteiger partial charge on any atom is 0.341 e. The number of ether oxygens (including phenoxy) is 1. The number of pyridine rings is 1. The second-order valence-corrected chi connectivity index (χ2v) is 6.94. The van der Waals surface area contributed by atoms with Gasteiger partial charge in [-0.2, -0.15) is 0 Å². The SMILES string of the molecule is CC[C@H](C)NC(=O)COC(=O)c1cccnc1SCC(=O)N[C@@H](C)CC. The van der Waals surface area contributed by atoms with Gasteiger partial charge < -0.3 is 15.4 Å². The largest absolute Gasteiger partial charge is 0.452 e. The first-order valence-corrected chi connectivity index (χ1v) is 9.69. The topological polar surface area (TPSA) is 97.4 Å². The average Bonchev–Trinajstić information content (AvgIpc) is 2.64. The first-order valence-electron chi connectivity index (χ1n) is 8.70. The van der Waals surface area contributed by atoms with Crippen molar-refractivity contribution >= 4 is 29.5 Å². The molecule has 0 aromatic carbocycles. The Kier molecular flexibility index (Phi) is 9.72. The number of thioether (sulfide) groups is 1. The molecule has 8 heteroatoms. The zero-order valence-corrected chi connectivity index (χ0v) is 16.5. The van der Waals surface area contributed by atoms with Crippen LogP contribution in [-0.2, 0) is 14.3 Å². The number of nitrogens with one attached hydrogen (secondary N) is 2. The maximum atomic E-state index is 12.2. The molecule has 1 aromatic heterocycles. The normalized spacial score (nSPS) is 12.8. The van der Waals surface area contributed by atoms with Crippen molar-refractivity contribution in [3.8, 4) is 0 Å². The van der Waals surface area contributed by atoms with Crippen LogP contribution in [0.25, 0.3) is 0 Å². The number of esters is 1. The summed E-state index contributed by atoms with van der Waals surface area (Å²) in [5.74, 6) is -0.959. The van der Waals surface area contributed by atoms with E-state index in [9.17, 15) is 14.4 Å². The molecule has 26 heavy (non-hydrogen) atoms. The third-order valence-corrected chi connectivity index (χ3v) is 4.71. The fourth-order valence-corrected chi connectivity index (χ4v) is 2.63. The Morgan fingerprint density at radius 1 is 1.12 bits per heavy atom. The number of carbonyl (C=O) groups is 3. The molecule has 0 fully saturated rings. The number of carbonyl (C=O) groups excluding carboxylic acids is 3. The number of amides is 2. The predicted octanol–water partition coefficient (Wildman–Crippen LogP) is 2.16. The van der Waals surface area contributed by atoms with E-state index in [1.807, 2.05) is 27.7 Å². The van der Waals surface area contributed by atoms with Crippen molar-refractivity contribution in [1.29, 1.82) is 0 Å². The van der Waals surface area contributed by atoms with Crippen LogP contribution < -0.4 is 10.6 Å². The highest BCUT2D eigenvalue weighted by Gasteiger charge is 2.17. The molecule has 1 heterocycles. The Morgan fingerprint density at radius 2 is 1.73 bits per heavy atom. The van der Waals surface area contributed by atoms with E-state index in [4.69, 9.17) is 4.74 Å². The van der Waals surface area contributed by atoms with Crippen molar-refractivity contribution in [2.45, 2.75) is 57.6 Å². The number of nitrogens with zero attached hydrogens (tertiary/aromatic N) is 1. The Labute approximate surface area is 158 Å². The third-order valence-electron chi connectivity index (χ3n) is 3.70. The molecule has 0 aliphatic heterocycles. The van der Waals surface area contributed by atoms with E-state index in [1.54, 1.807) is 18.3 Å². The summed E-state index contributed by atoms with van der Waals surface area (Å²) in [5, 5.41) is 5.98. The highest BCUT2D eigenvalue weighted by atomic mass is 32.2. The molecular formula is C18H27N3O4S. The molecule has 0 radical (unpaired) electrons. The van der Waals surface area contributed by atoms with Crippen molar-refractivity contribution in [2.24, 2.45) is 0 Å². The Balaban J connectivity index is 2.60. The van der Waals surface area contributed by atoms with E-state index < -0.39 is 5.97 Å². The van der Waals surface area contributed by atoms with Gasteiger partial charge in [0.2, 0.25) is 5.91 Å². The van der Waals surface area contributed by atoms with Crippen LogP contribution in [0, 0.1) is 0 Å². The summed E-state index contributed by atoms with van der Waals surface area (Å²) in [6.07, 6.45) is 3.18. The lowest BCUT2D eigenvalue weighted by molar-refractivity contribution is -0.124. The van der Waals surface area contributed by atoms with Gasteiger partial charge in [-0.15, -0.1) is 0 Å². The first-order chi connectivity index (χ1) is 12.4.